The summed E-state index contributed by atoms with van der Waals surface area (Å²) in [5.41, 5.74) is 2.65. The number of aromatic nitrogens is 4. The number of piperazine rings is 1. The van der Waals surface area contributed by atoms with E-state index in [1.54, 1.807) is 13.1 Å². The molecule has 9 nitrogen and oxygen atoms in total. The molecule has 186 valence electrons. The van der Waals surface area contributed by atoms with Crippen molar-refractivity contribution >= 4 is 28.5 Å². The summed E-state index contributed by atoms with van der Waals surface area (Å²) in [4.78, 5) is 25.9. The van der Waals surface area contributed by atoms with Crippen molar-refractivity contribution in [3.8, 4) is 0 Å². The predicted octanol–water partition coefficient (Wildman–Crippen LogP) is 3.34. The lowest BCUT2D eigenvalue weighted by Gasteiger charge is -2.38. The fourth-order valence-electron chi connectivity index (χ4n) is 5.00. The number of piperidine rings is 1. The van der Waals surface area contributed by atoms with Gasteiger partial charge in [-0.2, -0.15) is 0 Å². The van der Waals surface area contributed by atoms with E-state index in [4.69, 9.17) is 9.97 Å². The third-order valence-electron chi connectivity index (χ3n) is 7.07. The zero-order valence-electron chi connectivity index (χ0n) is 21.0. The fraction of sp³-hybridized carbons (Fsp3) is 0.538. The molecule has 5 heterocycles. The van der Waals surface area contributed by atoms with E-state index in [2.05, 4.69) is 50.0 Å². The first-order valence-electron chi connectivity index (χ1n) is 12.7. The van der Waals surface area contributed by atoms with Crippen LogP contribution in [0.2, 0.25) is 0 Å². The quantitative estimate of drug-likeness (QED) is 0.555. The van der Waals surface area contributed by atoms with E-state index in [-0.39, 0.29) is 0 Å². The average molecular weight is 477 g/mol. The first-order valence-corrected chi connectivity index (χ1v) is 12.7. The minimum absolute atomic E-state index is 0.496. The predicted molar refractivity (Wildman–Crippen MR) is 139 cm³/mol. The molecule has 0 saturated carbocycles. The van der Waals surface area contributed by atoms with Crippen molar-refractivity contribution < 1.29 is 5.11 Å². The molecule has 2 aliphatic heterocycles. The van der Waals surface area contributed by atoms with Crippen LogP contribution in [0.3, 0.4) is 0 Å². The zero-order chi connectivity index (χ0) is 24.4. The number of aliphatic hydroxyl groups is 1. The monoisotopic (exact) mass is 476 g/mol. The largest absolute Gasteiger partial charge is 0.387 e. The first kappa shape index (κ1) is 23.8. The summed E-state index contributed by atoms with van der Waals surface area (Å²) >= 11 is 0. The normalized spacial score (nSPS) is 20.8. The number of rotatable bonds is 6. The number of fused-ring (bicyclic) bond motifs is 1. The first-order chi connectivity index (χ1) is 17.0. The number of anilines is 3. The van der Waals surface area contributed by atoms with Crippen molar-refractivity contribution in [2.45, 2.75) is 51.8 Å². The van der Waals surface area contributed by atoms with E-state index >= 15 is 0 Å². The van der Waals surface area contributed by atoms with Gasteiger partial charge in [0, 0.05) is 63.1 Å². The lowest BCUT2D eigenvalue weighted by atomic mass is 10.1. The Balaban J connectivity index is 1.35. The highest BCUT2D eigenvalue weighted by atomic mass is 16.3. The molecule has 2 aliphatic rings. The molecule has 0 aromatic carbocycles. The summed E-state index contributed by atoms with van der Waals surface area (Å²) in [7, 11) is 2.18. The molecule has 0 bridgehead atoms. The van der Waals surface area contributed by atoms with Gasteiger partial charge in [-0.3, -0.25) is 4.90 Å². The van der Waals surface area contributed by atoms with Gasteiger partial charge in [0.25, 0.3) is 0 Å². The van der Waals surface area contributed by atoms with E-state index in [1.165, 1.54) is 12.0 Å². The van der Waals surface area contributed by atoms with Gasteiger partial charge in [-0.15, -0.1) is 0 Å². The van der Waals surface area contributed by atoms with E-state index in [1.807, 2.05) is 18.3 Å². The average Bonchev–Trinajstić information content (AvgIpc) is 2.86. The smallest absolute Gasteiger partial charge is 0.229 e. The Hall–Kier alpha value is -2.88. The number of likely N-dealkylation sites (N-methyl/N-ethyl adjacent to an activating group) is 1. The Kier molecular flexibility index (Phi) is 7.08. The second kappa shape index (κ2) is 10.4. The lowest BCUT2D eigenvalue weighted by molar-refractivity contribution is 0.0937. The third kappa shape index (κ3) is 5.52. The molecular weight excluding hydrogens is 440 g/mol. The SMILES string of the molecule is C[C@@H](O)c1cc2cnc(Nc3ccc(CN4CCN(C)C[C@@H]4C)cn3)nc2c(N2CCCCC2)n1. The van der Waals surface area contributed by atoms with Crippen LogP contribution in [0, 0.1) is 0 Å². The van der Waals surface area contributed by atoms with Gasteiger partial charge in [0.15, 0.2) is 5.82 Å². The van der Waals surface area contributed by atoms with Gasteiger partial charge < -0.3 is 20.2 Å². The van der Waals surface area contributed by atoms with Crippen LogP contribution in [-0.2, 0) is 6.54 Å². The fourth-order valence-corrected chi connectivity index (χ4v) is 5.00. The lowest BCUT2D eigenvalue weighted by Crippen LogP contribution is -2.49. The van der Waals surface area contributed by atoms with Crippen LogP contribution < -0.4 is 10.2 Å². The Morgan fingerprint density at radius 2 is 1.89 bits per heavy atom. The highest BCUT2D eigenvalue weighted by molar-refractivity contribution is 5.89. The second-order valence-electron chi connectivity index (χ2n) is 9.98. The molecule has 0 unspecified atom stereocenters. The Morgan fingerprint density at radius 3 is 2.60 bits per heavy atom. The minimum atomic E-state index is -0.641. The minimum Gasteiger partial charge on any atom is -0.387 e. The molecule has 2 N–H and O–H groups in total. The number of hydrogen-bond donors (Lipinski definition) is 2. The third-order valence-corrected chi connectivity index (χ3v) is 7.07. The molecule has 9 heteroatoms. The van der Waals surface area contributed by atoms with Crippen LogP contribution in [0.25, 0.3) is 10.9 Å². The van der Waals surface area contributed by atoms with Gasteiger partial charge in [0.2, 0.25) is 5.95 Å². The maximum absolute atomic E-state index is 10.2. The highest BCUT2D eigenvalue weighted by Gasteiger charge is 2.22. The molecule has 5 rings (SSSR count). The van der Waals surface area contributed by atoms with E-state index in [9.17, 15) is 5.11 Å². The summed E-state index contributed by atoms with van der Waals surface area (Å²) in [6, 6.07) is 6.53. The maximum atomic E-state index is 10.2. The maximum Gasteiger partial charge on any atom is 0.229 e. The van der Waals surface area contributed by atoms with Crippen molar-refractivity contribution in [3.05, 3.63) is 41.9 Å². The molecule has 0 amide bonds. The van der Waals surface area contributed by atoms with E-state index in [0.717, 1.165) is 68.8 Å². The number of pyridine rings is 2. The van der Waals surface area contributed by atoms with E-state index < -0.39 is 6.10 Å². The summed E-state index contributed by atoms with van der Waals surface area (Å²) in [6.45, 7) is 10.1. The van der Waals surface area contributed by atoms with Gasteiger partial charge >= 0.3 is 0 Å². The topological polar surface area (TPSA) is 93.5 Å². The summed E-state index contributed by atoms with van der Waals surface area (Å²) in [5, 5.41) is 14.3. The van der Waals surface area contributed by atoms with E-state index in [0.29, 0.717) is 23.5 Å². The number of aliphatic hydroxyl groups excluding tert-OH is 1. The van der Waals surface area contributed by atoms with Gasteiger partial charge in [-0.25, -0.2) is 19.9 Å². The molecular formula is C26H36N8O. The van der Waals surface area contributed by atoms with Gasteiger partial charge in [0.05, 0.1) is 11.8 Å². The summed E-state index contributed by atoms with van der Waals surface area (Å²) < 4.78 is 0. The van der Waals surface area contributed by atoms with Gasteiger partial charge in [-0.1, -0.05) is 6.07 Å². The van der Waals surface area contributed by atoms with Gasteiger partial charge in [0.1, 0.15) is 11.3 Å². The van der Waals surface area contributed by atoms with Crippen LogP contribution in [0.5, 0.6) is 0 Å². The molecule has 2 atom stereocenters. The highest BCUT2D eigenvalue weighted by Crippen LogP contribution is 2.29. The van der Waals surface area contributed by atoms with Crippen LogP contribution >= 0.6 is 0 Å². The van der Waals surface area contributed by atoms with Gasteiger partial charge in [-0.05, 0) is 57.9 Å². The van der Waals surface area contributed by atoms with Crippen LogP contribution in [-0.4, -0.2) is 80.7 Å². The second-order valence-corrected chi connectivity index (χ2v) is 9.98. The van der Waals surface area contributed by atoms with Crippen LogP contribution in [0.4, 0.5) is 17.6 Å². The molecule has 2 saturated heterocycles. The number of nitrogens with zero attached hydrogens (tertiary/aromatic N) is 7. The number of hydrogen-bond acceptors (Lipinski definition) is 9. The molecule has 3 aromatic heterocycles. The van der Waals surface area contributed by atoms with Crippen molar-refractivity contribution in [2.24, 2.45) is 0 Å². The summed E-state index contributed by atoms with van der Waals surface area (Å²) in [6.07, 6.45) is 6.61. The molecule has 3 aromatic rings. The Morgan fingerprint density at radius 1 is 1.06 bits per heavy atom. The molecule has 0 radical (unpaired) electrons. The number of nitrogens with one attached hydrogen (secondary N) is 1. The molecule has 0 spiro atoms. The van der Waals surface area contributed by atoms with Crippen LogP contribution in [0.15, 0.2) is 30.6 Å². The standard InChI is InChI=1S/C26H36N8O/c1-18-16-32(3)11-12-34(18)17-20-7-8-23(27-14-20)30-26-28-15-21-13-22(19(2)35)29-25(24(21)31-26)33-9-5-4-6-10-33/h7-8,13-15,18-19,35H,4-6,9-12,16-17H2,1-3H3,(H,27,28,30,31)/t18-,19+/m0/s1. The van der Waals surface area contributed by atoms with Crippen LogP contribution in [0.1, 0.15) is 50.5 Å². The van der Waals surface area contributed by atoms with Crippen molar-refractivity contribution in [2.75, 3.05) is 50.0 Å². The Bertz CT molecular complexity index is 1150. The molecule has 2 fully saturated rings. The van der Waals surface area contributed by atoms with Crippen molar-refractivity contribution in [1.82, 2.24) is 29.7 Å². The molecule has 0 aliphatic carbocycles. The zero-order valence-corrected chi connectivity index (χ0v) is 21.0. The molecule has 35 heavy (non-hydrogen) atoms. The van der Waals surface area contributed by atoms with Crippen molar-refractivity contribution in [1.29, 1.82) is 0 Å². The van der Waals surface area contributed by atoms with Crippen molar-refractivity contribution in [3.63, 3.8) is 0 Å². The summed E-state index contributed by atoms with van der Waals surface area (Å²) in [5.74, 6) is 2.04. The Labute approximate surface area is 207 Å².